The first-order valence-electron chi connectivity index (χ1n) is 7.59. The van der Waals surface area contributed by atoms with Crippen LogP contribution in [0.3, 0.4) is 0 Å². The Morgan fingerprint density at radius 3 is 2.25 bits per heavy atom. The molecule has 2 aromatic rings. The van der Waals surface area contributed by atoms with Crippen molar-refractivity contribution < 1.29 is 13.2 Å². The highest BCUT2D eigenvalue weighted by atomic mass is 32.2. The van der Waals surface area contributed by atoms with E-state index in [-0.39, 0.29) is 10.8 Å². The van der Waals surface area contributed by atoms with E-state index in [0.717, 1.165) is 21.0 Å². The predicted octanol–water partition coefficient (Wildman–Crippen LogP) is 2.48. The molecule has 0 fully saturated rings. The van der Waals surface area contributed by atoms with Crippen molar-refractivity contribution >= 4 is 15.9 Å². The van der Waals surface area contributed by atoms with Crippen molar-refractivity contribution in [3.8, 4) is 0 Å². The molecule has 2 aromatic carbocycles. The maximum atomic E-state index is 12.2. The van der Waals surface area contributed by atoms with Gasteiger partial charge in [0.1, 0.15) is 0 Å². The van der Waals surface area contributed by atoms with E-state index in [4.69, 9.17) is 0 Å². The Morgan fingerprint density at radius 1 is 1.04 bits per heavy atom. The van der Waals surface area contributed by atoms with Gasteiger partial charge >= 0.3 is 0 Å². The summed E-state index contributed by atoms with van der Waals surface area (Å²) in [5.74, 6) is -0.232. The van der Waals surface area contributed by atoms with E-state index in [0.29, 0.717) is 12.1 Å². The number of hydrogen-bond donors (Lipinski definition) is 1. The number of sulfonamides is 1. The third-order valence-electron chi connectivity index (χ3n) is 3.84. The van der Waals surface area contributed by atoms with E-state index in [1.807, 2.05) is 32.0 Å². The zero-order valence-electron chi connectivity index (χ0n) is 14.3. The van der Waals surface area contributed by atoms with Gasteiger partial charge in [-0.3, -0.25) is 4.79 Å². The first-order chi connectivity index (χ1) is 11.2. The van der Waals surface area contributed by atoms with Gasteiger partial charge in [0, 0.05) is 26.2 Å². The van der Waals surface area contributed by atoms with Crippen LogP contribution < -0.4 is 5.32 Å². The van der Waals surface area contributed by atoms with Gasteiger partial charge in [-0.15, -0.1) is 0 Å². The van der Waals surface area contributed by atoms with Gasteiger partial charge in [0.05, 0.1) is 4.90 Å². The topological polar surface area (TPSA) is 66.5 Å². The predicted molar refractivity (Wildman–Crippen MR) is 94.4 cm³/mol. The lowest BCUT2D eigenvalue weighted by atomic mass is 10.1. The van der Waals surface area contributed by atoms with Crippen LogP contribution in [-0.4, -0.2) is 32.7 Å². The maximum absolute atomic E-state index is 12.2. The molecule has 0 aliphatic rings. The summed E-state index contributed by atoms with van der Waals surface area (Å²) in [7, 11) is -0.539. The average molecular weight is 346 g/mol. The number of nitrogens with zero attached hydrogens (tertiary/aromatic N) is 1. The summed E-state index contributed by atoms with van der Waals surface area (Å²) < 4.78 is 25.2. The van der Waals surface area contributed by atoms with Crippen LogP contribution in [0.15, 0.2) is 47.4 Å². The summed E-state index contributed by atoms with van der Waals surface area (Å²) in [6.45, 7) is 4.45. The Hall–Kier alpha value is -2.18. The molecule has 128 valence electrons. The smallest absolute Gasteiger partial charge is 0.251 e. The molecule has 2 rings (SSSR count). The molecular formula is C18H22N2O3S. The van der Waals surface area contributed by atoms with Gasteiger partial charge in [-0.2, -0.15) is 0 Å². The lowest BCUT2D eigenvalue weighted by molar-refractivity contribution is 0.0950. The highest BCUT2D eigenvalue weighted by molar-refractivity contribution is 7.89. The average Bonchev–Trinajstić information content (AvgIpc) is 2.55. The van der Waals surface area contributed by atoms with Crippen LogP contribution in [0.2, 0.25) is 0 Å². The van der Waals surface area contributed by atoms with Crippen molar-refractivity contribution in [2.75, 3.05) is 14.1 Å². The second kappa shape index (κ2) is 7.15. The molecule has 0 aromatic heterocycles. The van der Waals surface area contributed by atoms with Gasteiger partial charge in [0.2, 0.25) is 10.0 Å². The zero-order valence-corrected chi connectivity index (χ0v) is 15.1. The lowest BCUT2D eigenvalue weighted by Crippen LogP contribution is -2.24. The molecule has 1 amide bonds. The summed E-state index contributed by atoms with van der Waals surface area (Å²) in [6, 6.07) is 12.0. The quantitative estimate of drug-likeness (QED) is 0.904. The molecule has 0 radical (unpaired) electrons. The third kappa shape index (κ3) is 4.01. The Balaban J connectivity index is 2.09. The van der Waals surface area contributed by atoms with Crippen molar-refractivity contribution in [2.45, 2.75) is 25.3 Å². The number of carbonyl (C=O) groups is 1. The molecule has 0 aliphatic carbocycles. The summed E-state index contributed by atoms with van der Waals surface area (Å²) in [4.78, 5) is 12.4. The zero-order chi connectivity index (χ0) is 17.9. The molecule has 0 spiro atoms. The summed E-state index contributed by atoms with van der Waals surface area (Å²) in [6.07, 6.45) is 0. The van der Waals surface area contributed by atoms with Gasteiger partial charge < -0.3 is 5.32 Å². The summed E-state index contributed by atoms with van der Waals surface area (Å²) in [5, 5.41) is 2.87. The molecule has 0 aliphatic heterocycles. The number of hydrogen-bond acceptors (Lipinski definition) is 3. The number of nitrogens with one attached hydrogen (secondary N) is 1. The highest BCUT2D eigenvalue weighted by Crippen LogP contribution is 2.14. The second-order valence-electron chi connectivity index (χ2n) is 5.92. The maximum Gasteiger partial charge on any atom is 0.251 e. The molecule has 6 heteroatoms. The van der Waals surface area contributed by atoms with Crippen LogP contribution >= 0.6 is 0 Å². The molecule has 24 heavy (non-hydrogen) atoms. The SMILES string of the molecule is Cc1ccc(C)c(CNC(=O)c2ccc(S(=O)(=O)N(C)C)cc2)c1. The van der Waals surface area contributed by atoms with Crippen LogP contribution in [0.5, 0.6) is 0 Å². The van der Waals surface area contributed by atoms with E-state index in [9.17, 15) is 13.2 Å². The second-order valence-corrected chi connectivity index (χ2v) is 8.08. The van der Waals surface area contributed by atoms with E-state index < -0.39 is 10.0 Å². The van der Waals surface area contributed by atoms with Crippen molar-refractivity contribution in [1.82, 2.24) is 9.62 Å². The summed E-state index contributed by atoms with van der Waals surface area (Å²) >= 11 is 0. The Kier molecular flexibility index (Phi) is 5.41. The number of rotatable bonds is 5. The van der Waals surface area contributed by atoms with E-state index >= 15 is 0 Å². The molecular weight excluding hydrogens is 324 g/mol. The Bertz CT molecular complexity index is 841. The van der Waals surface area contributed by atoms with Crippen LogP contribution in [0.25, 0.3) is 0 Å². The minimum Gasteiger partial charge on any atom is -0.348 e. The standard InChI is InChI=1S/C18H22N2O3S/c1-13-5-6-14(2)16(11-13)12-19-18(21)15-7-9-17(10-8-15)24(22,23)20(3)4/h5-11H,12H2,1-4H3,(H,19,21). The molecule has 0 atom stereocenters. The summed E-state index contributed by atoms with van der Waals surface area (Å²) in [5.41, 5.74) is 3.75. The van der Waals surface area contributed by atoms with Gasteiger partial charge in [-0.05, 0) is 49.2 Å². The molecule has 0 saturated carbocycles. The largest absolute Gasteiger partial charge is 0.348 e. The normalized spacial score (nSPS) is 11.5. The number of benzene rings is 2. The van der Waals surface area contributed by atoms with Crippen LogP contribution in [0.4, 0.5) is 0 Å². The fourth-order valence-corrected chi connectivity index (χ4v) is 3.16. The van der Waals surface area contributed by atoms with Gasteiger partial charge in [0.15, 0.2) is 0 Å². The molecule has 0 saturated heterocycles. The Morgan fingerprint density at radius 2 is 1.67 bits per heavy atom. The lowest BCUT2D eigenvalue weighted by Gasteiger charge is -2.12. The molecule has 0 bridgehead atoms. The van der Waals surface area contributed by atoms with Crippen molar-refractivity contribution in [2.24, 2.45) is 0 Å². The number of carbonyl (C=O) groups excluding carboxylic acids is 1. The van der Waals surface area contributed by atoms with Crippen LogP contribution in [0, 0.1) is 13.8 Å². The van der Waals surface area contributed by atoms with Crippen molar-refractivity contribution in [3.05, 3.63) is 64.7 Å². The van der Waals surface area contributed by atoms with E-state index in [1.54, 1.807) is 0 Å². The third-order valence-corrected chi connectivity index (χ3v) is 5.67. The monoisotopic (exact) mass is 346 g/mol. The first-order valence-corrected chi connectivity index (χ1v) is 9.03. The minimum absolute atomic E-state index is 0.165. The van der Waals surface area contributed by atoms with Crippen LogP contribution in [-0.2, 0) is 16.6 Å². The minimum atomic E-state index is -3.48. The van der Waals surface area contributed by atoms with Crippen LogP contribution in [0.1, 0.15) is 27.0 Å². The van der Waals surface area contributed by atoms with E-state index in [1.165, 1.54) is 38.4 Å². The fraction of sp³-hybridized carbons (Fsp3) is 0.278. The molecule has 1 N–H and O–H groups in total. The first kappa shape index (κ1) is 18.2. The van der Waals surface area contributed by atoms with Gasteiger partial charge in [0.25, 0.3) is 5.91 Å². The van der Waals surface area contributed by atoms with Crippen molar-refractivity contribution in [3.63, 3.8) is 0 Å². The highest BCUT2D eigenvalue weighted by Gasteiger charge is 2.17. The molecule has 5 nitrogen and oxygen atoms in total. The fourth-order valence-electron chi connectivity index (χ4n) is 2.26. The molecule has 0 unspecified atom stereocenters. The van der Waals surface area contributed by atoms with Gasteiger partial charge in [-0.25, -0.2) is 12.7 Å². The number of aryl methyl sites for hydroxylation is 2. The number of amides is 1. The van der Waals surface area contributed by atoms with Crippen molar-refractivity contribution in [1.29, 1.82) is 0 Å². The Labute approximate surface area is 143 Å². The molecule has 0 heterocycles. The van der Waals surface area contributed by atoms with Gasteiger partial charge in [-0.1, -0.05) is 23.8 Å². The van der Waals surface area contributed by atoms with E-state index in [2.05, 4.69) is 5.32 Å².